The summed E-state index contributed by atoms with van der Waals surface area (Å²) < 4.78 is 65.4. The first-order valence-electron chi connectivity index (χ1n) is 10.9. The summed E-state index contributed by atoms with van der Waals surface area (Å²) in [6.07, 6.45) is -1.09. The predicted octanol–water partition coefficient (Wildman–Crippen LogP) is 4.73. The van der Waals surface area contributed by atoms with E-state index in [1.54, 1.807) is 12.1 Å². The maximum Gasteiger partial charge on any atom is 0.434 e. The van der Waals surface area contributed by atoms with E-state index in [0.717, 1.165) is 11.9 Å². The molecule has 0 aromatic carbocycles. The number of nitrogens with one attached hydrogen (secondary N) is 2. The second-order valence-corrected chi connectivity index (χ2v) is 8.24. The Bertz CT molecular complexity index is 1220. The van der Waals surface area contributed by atoms with Gasteiger partial charge >= 0.3 is 6.18 Å². The number of allylic oxidation sites excluding steroid dienone is 1. The van der Waals surface area contributed by atoms with Crippen LogP contribution >= 0.6 is 0 Å². The molecule has 0 saturated heterocycles. The van der Waals surface area contributed by atoms with E-state index in [9.17, 15) is 26.7 Å². The van der Waals surface area contributed by atoms with E-state index in [1.165, 1.54) is 40.7 Å². The average molecular weight is 494 g/mol. The Kier molecular flexibility index (Phi) is 6.90. The minimum Gasteiger partial charge on any atom is -0.354 e. The highest BCUT2D eigenvalue weighted by Gasteiger charge is 2.34. The van der Waals surface area contributed by atoms with Crippen LogP contribution in [-0.4, -0.2) is 46.3 Å². The van der Waals surface area contributed by atoms with Gasteiger partial charge in [0.25, 0.3) is 12.3 Å². The van der Waals surface area contributed by atoms with E-state index in [0.29, 0.717) is 36.5 Å². The summed E-state index contributed by atoms with van der Waals surface area (Å²) >= 11 is 0. The van der Waals surface area contributed by atoms with E-state index < -0.39 is 24.8 Å². The zero-order chi connectivity index (χ0) is 25.2. The van der Waals surface area contributed by atoms with Crippen LogP contribution in [0.4, 0.5) is 33.6 Å². The Hall–Kier alpha value is -3.70. The zero-order valence-corrected chi connectivity index (χ0v) is 18.7. The number of carbonyl (C=O) groups is 1. The van der Waals surface area contributed by atoms with Gasteiger partial charge in [0.2, 0.25) is 0 Å². The molecule has 1 atom stereocenters. The van der Waals surface area contributed by atoms with Crippen molar-refractivity contribution in [3.63, 3.8) is 0 Å². The monoisotopic (exact) mass is 494 g/mol. The minimum atomic E-state index is -4.53. The van der Waals surface area contributed by atoms with Crippen LogP contribution in [0, 0.1) is 0 Å². The number of alkyl halides is 5. The molecule has 35 heavy (non-hydrogen) atoms. The van der Waals surface area contributed by atoms with Gasteiger partial charge in [-0.15, -0.1) is 0 Å². The van der Waals surface area contributed by atoms with Crippen molar-refractivity contribution in [1.82, 2.24) is 19.7 Å². The number of rotatable bonds is 7. The second-order valence-electron chi connectivity index (χ2n) is 8.24. The number of hydrogen-bond donors (Lipinski definition) is 2. The molecule has 7 nitrogen and oxygen atoms in total. The molecule has 1 aliphatic rings. The highest BCUT2D eigenvalue weighted by atomic mass is 19.4. The van der Waals surface area contributed by atoms with Crippen molar-refractivity contribution >= 4 is 23.2 Å². The summed E-state index contributed by atoms with van der Waals surface area (Å²) in [7, 11) is 1.50. The fraction of sp³-hybridized carbons (Fsp3) is 0.348. The summed E-state index contributed by atoms with van der Waals surface area (Å²) in [5.41, 5.74) is 0.372. The number of aromatic nitrogens is 3. The molecule has 0 fully saturated rings. The topological polar surface area (TPSA) is 74.6 Å². The molecule has 0 saturated carbocycles. The molecule has 0 spiro atoms. The van der Waals surface area contributed by atoms with Crippen molar-refractivity contribution in [1.29, 1.82) is 0 Å². The standard InChI is InChI=1S/C23H23F5N6O/c1-33(13-18(24)25)19-10-5-14(11-29-19)22(35)31-16-8-6-15(7-9-16)30-20-3-2-4-21-32-17(12-34(20)21)23(26,27)28/h2-6,10-12,16,18,30H,7-9,13H2,1H3,(H,31,35). The highest BCUT2D eigenvalue weighted by Crippen LogP contribution is 2.30. The van der Waals surface area contributed by atoms with Crippen LogP contribution in [0.3, 0.4) is 0 Å². The quantitative estimate of drug-likeness (QED) is 0.465. The van der Waals surface area contributed by atoms with E-state index in [-0.39, 0.29) is 17.6 Å². The second kappa shape index (κ2) is 9.88. The fourth-order valence-electron chi connectivity index (χ4n) is 3.81. The van der Waals surface area contributed by atoms with Gasteiger partial charge in [-0.3, -0.25) is 9.20 Å². The molecule has 2 N–H and O–H groups in total. The molecule has 1 amide bonds. The smallest absolute Gasteiger partial charge is 0.354 e. The Balaban J connectivity index is 1.36. The van der Waals surface area contributed by atoms with Gasteiger partial charge in [0.05, 0.1) is 12.1 Å². The SMILES string of the molecule is CN(CC(F)F)c1ccc(C(=O)NC2CC=C(Nc3cccc4nc(C(F)(F)F)cn34)CC2)cn1. The lowest BCUT2D eigenvalue weighted by Gasteiger charge is -2.24. The number of pyridine rings is 2. The molecule has 3 aromatic rings. The van der Waals surface area contributed by atoms with E-state index in [4.69, 9.17) is 0 Å². The number of carbonyl (C=O) groups excluding carboxylic acids is 1. The van der Waals surface area contributed by atoms with Gasteiger partial charge in [0, 0.05) is 31.2 Å². The third-order valence-corrected chi connectivity index (χ3v) is 5.63. The Morgan fingerprint density at radius 3 is 2.69 bits per heavy atom. The number of amides is 1. The predicted molar refractivity (Wildman–Crippen MR) is 121 cm³/mol. The number of nitrogens with zero attached hydrogens (tertiary/aromatic N) is 4. The summed E-state index contributed by atoms with van der Waals surface area (Å²) in [6.45, 7) is -0.456. The largest absolute Gasteiger partial charge is 0.434 e. The molecule has 1 unspecified atom stereocenters. The molecule has 0 aliphatic heterocycles. The molecule has 4 rings (SSSR count). The van der Waals surface area contributed by atoms with E-state index >= 15 is 0 Å². The number of halogens is 5. The number of anilines is 2. The Morgan fingerprint density at radius 2 is 2.06 bits per heavy atom. The van der Waals surface area contributed by atoms with Crippen LogP contribution in [0.5, 0.6) is 0 Å². The van der Waals surface area contributed by atoms with Crippen LogP contribution < -0.4 is 15.5 Å². The van der Waals surface area contributed by atoms with Crippen LogP contribution in [0.25, 0.3) is 5.65 Å². The first-order valence-corrected chi connectivity index (χ1v) is 10.9. The third kappa shape index (κ3) is 5.87. The Labute approximate surface area is 197 Å². The highest BCUT2D eigenvalue weighted by molar-refractivity contribution is 5.94. The number of imidazole rings is 1. The van der Waals surface area contributed by atoms with Crippen molar-refractivity contribution in [2.24, 2.45) is 0 Å². The van der Waals surface area contributed by atoms with Crippen LogP contribution in [0.1, 0.15) is 35.3 Å². The van der Waals surface area contributed by atoms with Crippen molar-refractivity contribution in [2.75, 3.05) is 23.8 Å². The lowest BCUT2D eigenvalue weighted by Crippen LogP contribution is -2.36. The number of hydrogen-bond acceptors (Lipinski definition) is 5. The van der Waals surface area contributed by atoms with Crippen LogP contribution in [0.2, 0.25) is 0 Å². The van der Waals surface area contributed by atoms with Gasteiger partial charge in [0.1, 0.15) is 17.3 Å². The van der Waals surface area contributed by atoms with Crippen molar-refractivity contribution in [3.05, 3.63) is 65.8 Å². The van der Waals surface area contributed by atoms with Gasteiger partial charge < -0.3 is 15.5 Å². The van der Waals surface area contributed by atoms with Gasteiger partial charge in [-0.05, 0) is 43.5 Å². The van der Waals surface area contributed by atoms with Gasteiger partial charge in [-0.1, -0.05) is 12.1 Å². The van der Waals surface area contributed by atoms with Crippen molar-refractivity contribution in [2.45, 2.75) is 37.9 Å². The third-order valence-electron chi connectivity index (χ3n) is 5.63. The Morgan fingerprint density at radius 1 is 1.26 bits per heavy atom. The fourth-order valence-corrected chi connectivity index (χ4v) is 3.81. The van der Waals surface area contributed by atoms with Crippen LogP contribution in [0.15, 0.2) is 54.5 Å². The first-order chi connectivity index (χ1) is 16.6. The zero-order valence-electron chi connectivity index (χ0n) is 18.7. The summed E-state index contributed by atoms with van der Waals surface area (Å²) in [5.74, 6) is 0.480. The van der Waals surface area contributed by atoms with E-state index in [1.807, 2.05) is 6.08 Å². The van der Waals surface area contributed by atoms with Crippen LogP contribution in [-0.2, 0) is 6.18 Å². The van der Waals surface area contributed by atoms with Gasteiger partial charge in [-0.2, -0.15) is 13.2 Å². The molecule has 12 heteroatoms. The van der Waals surface area contributed by atoms with E-state index in [2.05, 4.69) is 20.6 Å². The molecule has 186 valence electrons. The summed E-state index contributed by atoms with van der Waals surface area (Å²) in [4.78, 5) is 21.6. The maximum atomic E-state index is 13.0. The van der Waals surface area contributed by atoms with Gasteiger partial charge in [-0.25, -0.2) is 18.7 Å². The van der Waals surface area contributed by atoms with Crippen molar-refractivity contribution in [3.8, 4) is 0 Å². The molecule has 3 aromatic heterocycles. The number of fused-ring (bicyclic) bond motifs is 1. The lowest BCUT2D eigenvalue weighted by atomic mass is 9.99. The summed E-state index contributed by atoms with van der Waals surface area (Å²) in [5, 5.41) is 6.09. The van der Waals surface area contributed by atoms with Crippen molar-refractivity contribution < 1.29 is 26.7 Å². The lowest BCUT2D eigenvalue weighted by molar-refractivity contribution is -0.140. The normalized spacial score (nSPS) is 16.3. The molecule has 0 radical (unpaired) electrons. The average Bonchev–Trinajstić information content (AvgIpc) is 3.26. The molecule has 0 bridgehead atoms. The first kappa shape index (κ1) is 24.4. The summed E-state index contributed by atoms with van der Waals surface area (Å²) in [6, 6.07) is 7.71. The molecule has 3 heterocycles. The minimum absolute atomic E-state index is 0.130. The molecular weight excluding hydrogens is 471 g/mol. The molecular formula is C23H23F5N6O. The van der Waals surface area contributed by atoms with Gasteiger partial charge in [0.15, 0.2) is 5.69 Å². The maximum absolute atomic E-state index is 13.0. The molecule has 1 aliphatic carbocycles.